The van der Waals surface area contributed by atoms with E-state index in [1.807, 2.05) is 0 Å². The van der Waals surface area contributed by atoms with Crippen LogP contribution in [0.5, 0.6) is 0 Å². The molecule has 7 heteroatoms. The molecule has 1 aliphatic heterocycles. The number of nitrogens with one attached hydrogen (secondary N) is 1. The van der Waals surface area contributed by atoms with Crippen LogP contribution in [-0.2, 0) is 9.59 Å². The third-order valence-electron chi connectivity index (χ3n) is 3.54. The second-order valence-corrected chi connectivity index (χ2v) is 5.95. The molecule has 21 heavy (non-hydrogen) atoms. The number of nitrogens with two attached hydrogens (primary N) is 1. The fraction of sp³-hybridized carbons (Fsp3) is 0.429. The minimum absolute atomic E-state index is 0.0379. The Balaban J connectivity index is 1.77. The molecule has 0 aliphatic carbocycles. The van der Waals surface area contributed by atoms with Crippen molar-refractivity contribution in [3.8, 4) is 0 Å². The van der Waals surface area contributed by atoms with Gasteiger partial charge in [-0.05, 0) is 37.1 Å². The minimum atomic E-state index is -0.286. The van der Waals surface area contributed by atoms with Gasteiger partial charge in [-0.2, -0.15) is 0 Å². The number of hydrazine groups is 1. The number of hydrogen-bond acceptors (Lipinski definition) is 4. The van der Waals surface area contributed by atoms with Crippen molar-refractivity contribution in [3.63, 3.8) is 0 Å². The predicted molar refractivity (Wildman–Crippen MR) is 78.8 cm³/mol. The highest BCUT2D eigenvalue weighted by Gasteiger charge is 2.26. The highest BCUT2D eigenvalue weighted by Crippen LogP contribution is 2.21. The summed E-state index contributed by atoms with van der Waals surface area (Å²) in [5.74, 6) is 4.91. The zero-order valence-corrected chi connectivity index (χ0v) is 12.4. The van der Waals surface area contributed by atoms with Crippen LogP contribution in [0.1, 0.15) is 12.8 Å². The molecule has 2 amide bonds. The Kier molecular flexibility index (Phi) is 5.58. The summed E-state index contributed by atoms with van der Waals surface area (Å²) in [7, 11) is 0. The van der Waals surface area contributed by atoms with Gasteiger partial charge in [0.05, 0.1) is 5.75 Å². The summed E-state index contributed by atoms with van der Waals surface area (Å²) in [5.41, 5.74) is 2.15. The normalized spacial score (nSPS) is 15.8. The maximum Gasteiger partial charge on any atom is 0.237 e. The van der Waals surface area contributed by atoms with Gasteiger partial charge in [0.25, 0.3) is 0 Å². The Morgan fingerprint density at radius 1 is 1.29 bits per heavy atom. The first-order valence-corrected chi connectivity index (χ1v) is 7.75. The Morgan fingerprint density at radius 3 is 2.48 bits per heavy atom. The molecule has 1 aliphatic rings. The number of hydrogen-bond donors (Lipinski definition) is 2. The van der Waals surface area contributed by atoms with Gasteiger partial charge in [0.1, 0.15) is 5.82 Å². The quantitative estimate of drug-likeness (QED) is 0.378. The molecule has 0 spiro atoms. The molecule has 1 heterocycles. The highest BCUT2D eigenvalue weighted by molar-refractivity contribution is 8.00. The van der Waals surface area contributed by atoms with Crippen molar-refractivity contribution in [2.75, 3.05) is 18.8 Å². The van der Waals surface area contributed by atoms with E-state index in [2.05, 4.69) is 5.43 Å². The van der Waals surface area contributed by atoms with Crippen molar-refractivity contribution in [2.24, 2.45) is 11.8 Å². The molecule has 2 rings (SSSR count). The number of benzene rings is 1. The van der Waals surface area contributed by atoms with Gasteiger partial charge in [0.2, 0.25) is 11.8 Å². The van der Waals surface area contributed by atoms with E-state index in [-0.39, 0.29) is 23.5 Å². The van der Waals surface area contributed by atoms with Gasteiger partial charge in [0.15, 0.2) is 0 Å². The molecule has 1 aromatic carbocycles. The van der Waals surface area contributed by atoms with Gasteiger partial charge >= 0.3 is 0 Å². The van der Waals surface area contributed by atoms with Gasteiger partial charge in [-0.15, -0.1) is 11.8 Å². The van der Waals surface area contributed by atoms with Crippen LogP contribution in [0.15, 0.2) is 29.2 Å². The average molecular weight is 311 g/mol. The molecule has 5 nitrogen and oxygen atoms in total. The first-order valence-electron chi connectivity index (χ1n) is 6.76. The van der Waals surface area contributed by atoms with E-state index in [1.54, 1.807) is 17.0 Å². The Bertz CT molecular complexity index is 501. The summed E-state index contributed by atoms with van der Waals surface area (Å²) in [4.78, 5) is 26.1. The van der Waals surface area contributed by atoms with E-state index >= 15 is 0 Å². The summed E-state index contributed by atoms with van der Waals surface area (Å²) in [5, 5.41) is 0. The van der Waals surface area contributed by atoms with E-state index in [0.29, 0.717) is 31.7 Å². The third-order valence-corrected chi connectivity index (χ3v) is 4.53. The van der Waals surface area contributed by atoms with Crippen molar-refractivity contribution in [1.82, 2.24) is 10.3 Å². The number of thioether (sulfide) groups is 1. The van der Waals surface area contributed by atoms with Crippen LogP contribution >= 0.6 is 11.8 Å². The molecular formula is C14H18FN3O2S. The number of halogens is 1. The zero-order chi connectivity index (χ0) is 15.2. The number of piperidine rings is 1. The second kappa shape index (κ2) is 7.42. The van der Waals surface area contributed by atoms with Crippen molar-refractivity contribution in [3.05, 3.63) is 30.1 Å². The van der Waals surface area contributed by atoms with E-state index in [1.165, 1.54) is 23.9 Å². The summed E-state index contributed by atoms with van der Waals surface area (Å²) < 4.78 is 12.8. The average Bonchev–Trinajstić information content (AvgIpc) is 2.53. The lowest BCUT2D eigenvalue weighted by molar-refractivity contribution is -0.133. The van der Waals surface area contributed by atoms with Crippen LogP contribution in [0.4, 0.5) is 4.39 Å². The number of rotatable bonds is 4. The number of carbonyl (C=O) groups is 2. The van der Waals surface area contributed by atoms with Gasteiger partial charge < -0.3 is 4.90 Å². The molecule has 0 atom stereocenters. The lowest BCUT2D eigenvalue weighted by atomic mass is 9.96. The molecule has 1 fully saturated rings. The monoisotopic (exact) mass is 311 g/mol. The Hall–Kier alpha value is -1.60. The second-order valence-electron chi connectivity index (χ2n) is 4.91. The van der Waals surface area contributed by atoms with Crippen LogP contribution < -0.4 is 11.3 Å². The third kappa shape index (κ3) is 4.44. The van der Waals surface area contributed by atoms with E-state index in [0.717, 1.165) is 4.90 Å². The molecule has 3 N–H and O–H groups in total. The van der Waals surface area contributed by atoms with Crippen LogP contribution in [0.2, 0.25) is 0 Å². The smallest absolute Gasteiger partial charge is 0.237 e. The highest BCUT2D eigenvalue weighted by atomic mass is 32.2. The molecule has 1 aromatic rings. The zero-order valence-electron chi connectivity index (χ0n) is 11.5. The Labute approximate surface area is 127 Å². The first kappa shape index (κ1) is 15.8. The van der Waals surface area contributed by atoms with Crippen molar-refractivity contribution < 1.29 is 14.0 Å². The first-order chi connectivity index (χ1) is 10.1. The van der Waals surface area contributed by atoms with Crippen molar-refractivity contribution >= 4 is 23.6 Å². The molecule has 0 saturated carbocycles. The molecule has 0 aromatic heterocycles. The van der Waals surface area contributed by atoms with E-state index < -0.39 is 0 Å². The van der Waals surface area contributed by atoms with E-state index in [4.69, 9.17) is 5.84 Å². The van der Waals surface area contributed by atoms with Crippen LogP contribution in [-0.4, -0.2) is 35.6 Å². The molecule has 1 saturated heterocycles. The maximum atomic E-state index is 12.8. The molecule has 0 radical (unpaired) electrons. The van der Waals surface area contributed by atoms with Crippen LogP contribution in [0.3, 0.4) is 0 Å². The molecular weight excluding hydrogens is 293 g/mol. The van der Waals surface area contributed by atoms with Gasteiger partial charge in [-0.3, -0.25) is 15.0 Å². The van der Waals surface area contributed by atoms with Crippen molar-refractivity contribution in [1.29, 1.82) is 0 Å². The standard InChI is InChI=1S/C14H18FN3O2S/c15-11-1-3-12(4-2-11)21-9-13(19)18-7-5-10(6-8-18)14(20)17-16/h1-4,10H,5-9,16H2,(H,17,20). The topological polar surface area (TPSA) is 75.4 Å². The van der Waals surface area contributed by atoms with E-state index in [9.17, 15) is 14.0 Å². The summed E-state index contributed by atoms with van der Waals surface area (Å²) in [6.07, 6.45) is 1.27. The lowest BCUT2D eigenvalue weighted by Crippen LogP contribution is -2.45. The predicted octanol–water partition coefficient (Wildman–Crippen LogP) is 1.15. The molecule has 0 unspecified atom stereocenters. The fourth-order valence-electron chi connectivity index (χ4n) is 2.28. The maximum absolute atomic E-state index is 12.8. The summed E-state index contributed by atoms with van der Waals surface area (Å²) in [6, 6.07) is 6.07. The number of nitrogens with zero attached hydrogens (tertiary/aromatic N) is 1. The number of amides is 2. The summed E-state index contributed by atoms with van der Waals surface area (Å²) >= 11 is 1.39. The van der Waals surface area contributed by atoms with Gasteiger partial charge in [-0.1, -0.05) is 0 Å². The largest absolute Gasteiger partial charge is 0.342 e. The van der Waals surface area contributed by atoms with Gasteiger partial charge in [0, 0.05) is 23.9 Å². The SMILES string of the molecule is NNC(=O)C1CCN(C(=O)CSc2ccc(F)cc2)CC1. The number of likely N-dealkylation sites (tertiary alicyclic amines) is 1. The number of carbonyl (C=O) groups excluding carboxylic acids is 2. The van der Waals surface area contributed by atoms with Gasteiger partial charge in [-0.25, -0.2) is 10.2 Å². The Morgan fingerprint density at radius 2 is 1.90 bits per heavy atom. The molecule has 0 bridgehead atoms. The molecule has 114 valence electrons. The fourth-order valence-corrected chi connectivity index (χ4v) is 3.08. The minimum Gasteiger partial charge on any atom is -0.342 e. The van der Waals surface area contributed by atoms with Crippen molar-refractivity contribution in [2.45, 2.75) is 17.7 Å². The van der Waals surface area contributed by atoms with Crippen LogP contribution in [0.25, 0.3) is 0 Å². The lowest BCUT2D eigenvalue weighted by Gasteiger charge is -2.31. The summed E-state index contributed by atoms with van der Waals surface area (Å²) in [6.45, 7) is 1.14. The van der Waals surface area contributed by atoms with Crippen LogP contribution in [0, 0.1) is 11.7 Å².